The smallest absolute Gasteiger partial charge is 0.457 e. The first kappa shape index (κ1) is 33.0. The van der Waals surface area contributed by atoms with Crippen molar-refractivity contribution in [1.82, 2.24) is 5.32 Å². The second-order valence-electron chi connectivity index (χ2n) is 8.42. The number of phosphoric ester groups is 1. The van der Waals surface area contributed by atoms with Crippen LogP contribution in [0, 0.1) is 0 Å². The van der Waals surface area contributed by atoms with Gasteiger partial charge in [0.15, 0.2) is 0 Å². The lowest BCUT2D eigenvalue weighted by atomic mass is 10.1. The molecule has 0 aliphatic heterocycles. The molecule has 11 heteroatoms. The number of rotatable bonds is 24. The molecule has 0 unspecified atom stereocenters. The SMILES string of the molecule is CCCCCCCCCC(=O)O[C@@H](COCOCCCCCCCNC(C)=O)COP(=O)(O)O. The van der Waals surface area contributed by atoms with Crippen molar-refractivity contribution in [1.29, 1.82) is 0 Å². The van der Waals surface area contributed by atoms with Crippen molar-refractivity contribution in [3.8, 4) is 0 Å². The molecule has 0 aliphatic rings. The Balaban J connectivity index is 3.92. The zero-order valence-corrected chi connectivity index (χ0v) is 21.9. The summed E-state index contributed by atoms with van der Waals surface area (Å²) in [4.78, 5) is 40.7. The van der Waals surface area contributed by atoms with E-state index in [0.717, 1.165) is 51.4 Å². The summed E-state index contributed by atoms with van der Waals surface area (Å²) >= 11 is 0. The highest BCUT2D eigenvalue weighted by Crippen LogP contribution is 2.35. The zero-order chi connectivity index (χ0) is 25.5. The summed E-state index contributed by atoms with van der Waals surface area (Å²) in [6.45, 7) is 4.36. The van der Waals surface area contributed by atoms with Crippen molar-refractivity contribution in [2.24, 2.45) is 0 Å². The van der Waals surface area contributed by atoms with Crippen LogP contribution in [-0.4, -0.2) is 60.9 Å². The molecule has 34 heavy (non-hydrogen) atoms. The Morgan fingerprint density at radius 2 is 1.47 bits per heavy atom. The van der Waals surface area contributed by atoms with Gasteiger partial charge in [0.25, 0.3) is 0 Å². The van der Waals surface area contributed by atoms with Gasteiger partial charge in [0.1, 0.15) is 12.9 Å². The largest absolute Gasteiger partial charge is 0.469 e. The summed E-state index contributed by atoms with van der Waals surface area (Å²) in [5.74, 6) is -0.442. The van der Waals surface area contributed by atoms with E-state index in [1.165, 1.54) is 26.2 Å². The third-order valence-electron chi connectivity index (χ3n) is 5.02. The van der Waals surface area contributed by atoms with E-state index in [4.69, 9.17) is 24.0 Å². The minimum atomic E-state index is -4.67. The van der Waals surface area contributed by atoms with Crippen LogP contribution >= 0.6 is 7.82 Å². The van der Waals surface area contributed by atoms with Gasteiger partial charge < -0.3 is 29.3 Å². The maximum Gasteiger partial charge on any atom is 0.469 e. The topological polar surface area (TPSA) is 141 Å². The number of nitrogens with one attached hydrogen (secondary N) is 1. The van der Waals surface area contributed by atoms with Crippen LogP contribution in [0.4, 0.5) is 0 Å². The number of hydrogen-bond donors (Lipinski definition) is 3. The molecule has 0 aliphatic carbocycles. The van der Waals surface area contributed by atoms with Crippen molar-refractivity contribution in [3.63, 3.8) is 0 Å². The molecule has 0 aromatic carbocycles. The Labute approximate surface area is 204 Å². The van der Waals surface area contributed by atoms with Crippen molar-refractivity contribution < 1.29 is 42.7 Å². The molecule has 3 N–H and O–H groups in total. The lowest BCUT2D eigenvalue weighted by Gasteiger charge is -2.18. The van der Waals surface area contributed by atoms with E-state index in [2.05, 4.69) is 16.8 Å². The quantitative estimate of drug-likeness (QED) is 0.0751. The van der Waals surface area contributed by atoms with E-state index in [1.807, 2.05) is 0 Å². The van der Waals surface area contributed by atoms with E-state index in [9.17, 15) is 14.2 Å². The summed E-state index contributed by atoms with van der Waals surface area (Å²) < 4.78 is 31.5. The van der Waals surface area contributed by atoms with Crippen molar-refractivity contribution in [2.75, 3.05) is 33.2 Å². The van der Waals surface area contributed by atoms with Gasteiger partial charge >= 0.3 is 13.8 Å². The maximum absolute atomic E-state index is 12.1. The fourth-order valence-corrected chi connectivity index (χ4v) is 3.55. The number of hydrogen-bond acceptors (Lipinski definition) is 7. The fourth-order valence-electron chi connectivity index (χ4n) is 3.19. The molecule has 1 amide bonds. The summed E-state index contributed by atoms with van der Waals surface area (Å²) in [6, 6.07) is 0. The van der Waals surface area contributed by atoms with Crippen molar-refractivity contribution >= 4 is 19.7 Å². The van der Waals surface area contributed by atoms with Gasteiger partial charge in [-0.15, -0.1) is 0 Å². The Bertz CT molecular complexity index is 557. The van der Waals surface area contributed by atoms with Crippen LogP contribution < -0.4 is 5.32 Å². The van der Waals surface area contributed by atoms with Crippen LogP contribution in [0.2, 0.25) is 0 Å². The van der Waals surface area contributed by atoms with Crippen LogP contribution in [0.5, 0.6) is 0 Å². The second-order valence-corrected chi connectivity index (χ2v) is 9.66. The van der Waals surface area contributed by atoms with Gasteiger partial charge in [-0.2, -0.15) is 0 Å². The van der Waals surface area contributed by atoms with E-state index in [0.29, 0.717) is 19.6 Å². The van der Waals surface area contributed by atoms with Gasteiger partial charge in [-0.1, -0.05) is 64.7 Å². The van der Waals surface area contributed by atoms with Crippen LogP contribution in [0.3, 0.4) is 0 Å². The molecule has 202 valence electrons. The standard InChI is InChI=1S/C23H46NO9P/c1-3-4-5-6-7-9-12-15-23(26)33-22(19-32-34(27,28)29)18-31-20-30-17-14-11-8-10-13-16-24-21(2)25/h22H,3-20H2,1-2H3,(H,24,25)(H2,27,28,29)/t22-/m0/s1. The van der Waals surface area contributed by atoms with E-state index >= 15 is 0 Å². The number of ether oxygens (including phenoxy) is 3. The Hall–Kier alpha value is -1.03. The molecular formula is C23H46NO9P. The van der Waals surface area contributed by atoms with Gasteiger partial charge in [-0.3, -0.25) is 14.1 Å². The predicted octanol–water partition coefficient (Wildman–Crippen LogP) is 4.23. The number of carbonyl (C=O) groups is 2. The van der Waals surface area contributed by atoms with Gasteiger partial charge in [0, 0.05) is 26.5 Å². The highest BCUT2D eigenvalue weighted by atomic mass is 31.2. The first-order chi connectivity index (χ1) is 16.2. The molecule has 0 fully saturated rings. The van der Waals surface area contributed by atoms with Gasteiger partial charge in [0.05, 0.1) is 13.2 Å². The zero-order valence-electron chi connectivity index (χ0n) is 21.0. The average molecular weight is 512 g/mol. The first-order valence-electron chi connectivity index (χ1n) is 12.5. The average Bonchev–Trinajstić information content (AvgIpc) is 2.76. The molecule has 1 atom stereocenters. The Kier molecular flexibility index (Phi) is 21.8. The second kappa shape index (κ2) is 22.4. The molecule has 0 rings (SSSR count). The fraction of sp³-hybridized carbons (Fsp3) is 0.913. The summed E-state index contributed by atoms with van der Waals surface area (Å²) in [7, 11) is -4.67. The monoisotopic (exact) mass is 511 g/mol. The number of carbonyl (C=O) groups excluding carboxylic acids is 2. The lowest BCUT2D eigenvalue weighted by molar-refractivity contribution is -0.158. The van der Waals surface area contributed by atoms with Crippen LogP contribution in [-0.2, 0) is 32.9 Å². The van der Waals surface area contributed by atoms with E-state index in [-0.39, 0.29) is 25.7 Å². The number of unbranched alkanes of at least 4 members (excludes halogenated alkanes) is 10. The Morgan fingerprint density at radius 3 is 2.12 bits per heavy atom. The van der Waals surface area contributed by atoms with E-state index in [1.54, 1.807) is 0 Å². The first-order valence-corrected chi connectivity index (χ1v) is 14.1. The number of amides is 1. The highest BCUT2D eigenvalue weighted by molar-refractivity contribution is 7.46. The third kappa shape index (κ3) is 25.6. The minimum Gasteiger partial charge on any atom is -0.457 e. The molecule has 0 aromatic rings. The predicted molar refractivity (Wildman–Crippen MR) is 129 cm³/mol. The molecule has 0 aromatic heterocycles. The summed E-state index contributed by atoms with van der Waals surface area (Å²) in [6.07, 6.45) is 11.8. The third-order valence-corrected chi connectivity index (χ3v) is 5.51. The van der Waals surface area contributed by atoms with Gasteiger partial charge in [-0.25, -0.2) is 4.57 Å². The summed E-state index contributed by atoms with van der Waals surface area (Å²) in [5, 5.41) is 2.77. The number of phosphoric acid groups is 1. The van der Waals surface area contributed by atoms with Crippen molar-refractivity contribution in [3.05, 3.63) is 0 Å². The summed E-state index contributed by atoms with van der Waals surface area (Å²) in [5.41, 5.74) is 0. The van der Waals surface area contributed by atoms with Crippen LogP contribution in [0.15, 0.2) is 0 Å². The molecule has 0 radical (unpaired) electrons. The van der Waals surface area contributed by atoms with E-state index < -0.39 is 26.5 Å². The molecule has 0 heterocycles. The molecule has 0 saturated carbocycles. The normalized spacial score (nSPS) is 12.5. The number of esters is 1. The molecule has 10 nitrogen and oxygen atoms in total. The van der Waals surface area contributed by atoms with Gasteiger partial charge in [0.2, 0.25) is 5.91 Å². The minimum absolute atomic E-state index is 0.00753. The van der Waals surface area contributed by atoms with Crippen LogP contribution in [0.25, 0.3) is 0 Å². The van der Waals surface area contributed by atoms with Crippen LogP contribution in [0.1, 0.15) is 97.3 Å². The lowest BCUT2D eigenvalue weighted by Crippen LogP contribution is -2.28. The highest BCUT2D eigenvalue weighted by Gasteiger charge is 2.21. The van der Waals surface area contributed by atoms with Gasteiger partial charge in [-0.05, 0) is 19.3 Å². The maximum atomic E-state index is 12.1. The van der Waals surface area contributed by atoms with Crippen molar-refractivity contribution in [2.45, 2.75) is 103 Å². The molecular weight excluding hydrogens is 465 g/mol. The molecule has 0 saturated heterocycles. The molecule has 0 bridgehead atoms. The Morgan fingerprint density at radius 1 is 0.853 bits per heavy atom. The molecule has 0 spiro atoms.